The van der Waals surface area contributed by atoms with E-state index in [1.165, 1.54) is 0 Å². The minimum atomic E-state index is -0.252. The molecule has 3 saturated heterocycles. The molecule has 0 aromatic carbocycles. The molecule has 0 saturated carbocycles. The van der Waals surface area contributed by atoms with E-state index in [0.29, 0.717) is 24.5 Å². The minimum absolute atomic E-state index is 0.0674. The van der Waals surface area contributed by atoms with Crippen LogP contribution in [0.15, 0.2) is 30.5 Å². The summed E-state index contributed by atoms with van der Waals surface area (Å²) in [5, 5.41) is 16.8. The fraction of sp³-hybridized carbons (Fsp3) is 0.500. The Morgan fingerprint density at radius 3 is 3.16 bits per heavy atom. The fourth-order valence-electron chi connectivity index (χ4n) is 4.84. The molecular formula is C18H20N4O3. The van der Waals surface area contributed by atoms with Gasteiger partial charge in [0.1, 0.15) is 11.4 Å². The zero-order chi connectivity index (χ0) is 17.0. The molecule has 5 rings (SSSR count). The van der Waals surface area contributed by atoms with E-state index in [4.69, 9.17) is 4.74 Å². The molecule has 2 N–H and O–H groups in total. The highest BCUT2D eigenvalue weighted by Crippen LogP contribution is 2.54. The summed E-state index contributed by atoms with van der Waals surface area (Å²) in [6.45, 7) is 1.37. The number of likely N-dealkylation sites (tertiary alicyclic amines) is 1. The molecule has 2 aromatic heterocycles. The van der Waals surface area contributed by atoms with Gasteiger partial charge in [0.25, 0.3) is 5.91 Å². The van der Waals surface area contributed by atoms with Gasteiger partial charge in [0.15, 0.2) is 0 Å². The number of fused-ring (bicyclic) bond motifs is 1. The second kappa shape index (κ2) is 5.37. The van der Waals surface area contributed by atoms with Crippen molar-refractivity contribution in [2.24, 2.45) is 11.8 Å². The molecule has 7 heteroatoms. The number of H-pyrrole nitrogens is 1. The van der Waals surface area contributed by atoms with Crippen molar-refractivity contribution in [2.45, 2.75) is 24.5 Å². The van der Waals surface area contributed by atoms with Gasteiger partial charge in [-0.05, 0) is 31.0 Å². The first-order chi connectivity index (χ1) is 12.2. The van der Waals surface area contributed by atoms with Crippen LogP contribution in [0.2, 0.25) is 0 Å². The third kappa shape index (κ3) is 2.15. The molecule has 1 amide bonds. The lowest BCUT2D eigenvalue weighted by atomic mass is 9.74. The van der Waals surface area contributed by atoms with Gasteiger partial charge in [-0.25, -0.2) is 0 Å². The average Bonchev–Trinajstić information content (AvgIpc) is 3.40. The van der Waals surface area contributed by atoms with Gasteiger partial charge in [-0.2, -0.15) is 5.10 Å². The number of hydrogen-bond acceptors (Lipinski definition) is 5. The lowest BCUT2D eigenvalue weighted by molar-refractivity contribution is 0.00148. The first kappa shape index (κ1) is 15.0. The van der Waals surface area contributed by atoms with Crippen molar-refractivity contribution in [2.75, 3.05) is 19.7 Å². The van der Waals surface area contributed by atoms with Crippen LogP contribution in [-0.2, 0) is 4.74 Å². The highest BCUT2D eigenvalue weighted by molar-refractivity contribution is 5.93. The van der Waals surface area contributed by atoms with Gasteiger partial charge in [-0.3, -0.25) is 14.9 Å². The van der Waals surface area contributed by atoms with Crippen molar-refractivity contribution in [3.8, 4) is 11.4 Å². The SMILES string of the molecule is O=C(c1cc(-c2ccccn2)n[nH]1)N1C[C@H]2[C@@H](CO)[C@@H]3CC[C@@]2(C1)O3. The Morgan fingerprint density at radius 2 is 2.36 bits per heavy atom. The number of rotatable bonds is 3. The third-order valence-electron chi connectivity index (χ3n) is 6.02. The van der Waals surface area contributed by atoms with E-state index >= 15 is 0 Å². The summed E-state index contributed by atoms with van der Waals surface area (Å²) in [5.74, 6) is 0.318. The molecule has 3 aliphatic heterocycles. The Hall–Kier alpha value is -2.25. The molecule has 0 aliphatic carbocycles. The van der Waals surface area contributed by atoms with Gasteiger partial charge in [0.05, 0.1) is 23.9 Å². The number of pyridine rings is 1. The van der Waals surface area contributed by atoms with Crippen molar-refractivity contribution in [1.82, 2.24) is 20.1 Å². The van der Waals surface area contributed by atoms with Gasteiger partial charge < -0.3 is 14.7 Å². The number of aliphatic hydroxyl groups excluding tert-OH is 1. The van der Waals surface area contributed by atoms with E-state index < -0.39 is 0 Å². The first-order valence-corrected chi connectivity index (χ1v) is 8.75. The number of carbonyl (C=O) groups is 1. The fourth-order valence-corrected chi connectivity index (χ4v) is 4.84. The molecule has 0 radical (unpaired) electrons. The number of aromatic nitrogens is 3. The predicted octanol–water partition coefficient (Wildman–Crippen LogP) is 1.08. The number of carbonyl (C=O) groups excluding carboxylic acids is 1. The van der Waals surface area contributed by atoms with E-state index in [-0.39, 0.29) is 36.1 Å². The zero-order valence-corrected chi connectivity index (χ0v) is 13.8. The number of nitrogens with zero attached hydrogens (tertiary/aromatic N) is 3. The summed E-state index contributed by atoms with van der Waals surface area (Å²) in [4.78, 5) is 19.0. The van der Waals surface area contributed by atoms with Gasteiger partial charge in [0, 0.05) is 31.2 Å². The van der Waals surface area contributed by atoms with Crippen molar-refractivity contribution >= 4 is 5.91 Å². The van der Waals surface area contributed by atoms with Gasteiger partial charge >= 0.3 is 0 Å². The van der Waals surface area contributed by atoms with Gasteiger partial charge in [-0.1, -0.05) is 6.07 Å². The lowest BCUT2D eigenvalue weighted by Crippen LogP contribution is -2.38. The number of aliphatic hydroxyl groups is 1. The topological polar surface area (TPSA) is 91.3 Å². The van der Waals surface area contributed by atoms with E-state index in [0.717, 1.165) is 18.5 Å². The molecule has 4 atom stereocenters. The summed E-state index contributed by atoms with van der Waals surface area (Å²) in [7, 11) is 0. The summed E-state index contributed by atoms with van der Waals surface area (Å²) in [6, 6.07) is 7.35. The second-order valence-corrected chi connectivity index (χ2v) is 7.28. The molecular weight excluding hydrogens is 320 g/mol. The second-order valence-electron chi connectivity index (χ2n) is 7.28. The van der Waals surface area contributed by atoms with Crippen LogP contribution in [0.4, 0.5) is 0 Å². The Labute approximate surface area is 145 Å². The molecule has 0 unspecified atom stereocenters. The molecule has 2 aromatic rings. The normalized spacial score (nSPS) is 33.0. The van der Waals surface area contributed by atoms with Crippen LogP contribution in [0.25, 0.3) is 11.4 Å². The standard InChI is InChI=1S/C18H20N4O3/c23-9-11-12-8-22(10-18(12)5-4-16(11)25-18)17(24)15-7-14(20-21-15)13-3-1-2-6-19-13/h1-3,6-7,11-12,16,23H,4-5,8-10H2,(H,20,21)/t11-,12+,16+,18+/m1/s1. The smallest absolute Gasteiger partial charge is 0.271 e. The Bertz CT molecular complexity index is 808. The number of ether oxygens (including phenoxy) is 1. The largest absolute Gasteiger partial charge is 0.396 e. The molecule has 130 valence electrons. The number of aromatic amines is 1. The maximum absolute atomic E-state index is 12.9. The number of nitrogens with one attached hydrogen (secondary N) is 1. The minimum Gasteiger partial charge on any atom is -0.396 e. The Kier molecular flexibility index (Phi) is 3.23. The summed E-state index contributed by atoms with van der Waals surface area (Å²) < 4.78 is 6.19. The zero-order valence-electron chi connectivity index (χ0n) is 13.8. The number of hydrogen-bond donors (Lipinski definition) is 2. The number of amides is 1. The molecule has 2 bridgehead atoms. The van der Waals surface area contributed by atoms with Gasteiger partial charge in [-0.15, -0.1) is 0 Å². The molecule has 3 aliphatic rings. The van der Waals surface area contributed by atoms with Crippen molar-refractivity contribution in [3.05, 3.63) is 36.2 Å². The average molecular weight is 340 g/mol. The van der Waals surface area contributed by atoms with Crippen LogP contribution in [0, 0.1) is 11.8 Å². The quantitative estimate of drug-likeness (QED) is 0.872. The lowest BCUT2D eigenvalue weighted by Gasteiger charge is -2.27. The van der Waals surface area contributed by atoms with E-state index in [1.54, 1.807) is 12.3 Å². The van der Waals surface area contributed by atoms with Crippen LogP contribution < -0.4 is 0 Å². The maximum atomic E-state index is 12.9. The van der Waals surface area contributed by atoms with Gasteiger partial charge in [0.2, 0.25) is 0 Å². The summed E-state index contributed by atoms with van der Waals surface area (Å²) >= 11 is 0. The van der Waals surface area contributed by atoms with Crippen LogP contribution in [0.1, 0.15) is 23.3 Å². The van der Waals surface area contributed by atoms with Crippen LogP contribution in [0.5, 0.6) is 0 Å². The maximum Gasteiger partial charge on any atom is 0.271 e. The first-order valence-electron chi connectivity index (χ1n) is 8.75. The Morgan fingerprint density at radius 1 is 1.44 bits per heavy atom. The molecule has 3 fully saturated rings. The van der Waals surface area contributed by atoms with Crippen molar-refractivity contribution < 1.29 is 14.6 Å². The predicted molar refractivity (Wildman–Crippen MR) is 88.6 cm³/mol. The highest BCUT2D eigenvalue weighted by Gasteiger charge is 2.63. The Balaban J connectivity index is 1.37. The molecule has 25 heavy (non-hydrogen) atoms. The van der Waals surface area contributed by atoms with Crippen molar-refractivity contribution in [1.29, 1.82) is 0 Å². The molecule has 7 nitrogen and oxygen atoms in total. The van der Waals surface area contributed by atoms with E-state index in [9.17, 15) is 9.90 Å². The van der Waals surface area contributed by atoms with Crippen molar-refractivity contribution in [3.63, 3.8) is 0 Å². The van der Waals surface area contributed by atoms with E-state index in [2.05, 4.69) is 15.2 Å². The van der Waals surface area contributed by atoms with Crippen LogP contribution in [0.3, 0.4) is 0 Å². The van der Waals surface area contributed by atoms with Crippen LogP contribution >= 0.6 is 0 Å². The summed E-state index contributed by atoms with van der Waals surface area (Å²) in [5.41, 5.74) is 1.61. The summed E-state index contributed by atoms with van der Waals surface area (Å²) in [6.07, 6.45) is 3.83. The van der Waals surface area contributed by atoms with E-state index in [1.807, 2.05) is 23.1 Å². The molecule has 1 spiro atoms. The molecule has 5 heterocycles. The van der Waals surface area contributed by atoms with Crippen LogP contribution in [-0.4, -0.2) is 62.5 Å². The highest BCUT2D eigenvalue weighted by atomic mass is 16.5. The monoisotopic (exact) mass is 340 g/mol. The third-order valence-corrected chi connectivity index (χ3v) is 6.02.